The average Bonchev–Trinajstić information content (AvgIpc) is 2.60. The summed E-state index contributed by atoms with van der Waals surface area (Å²) < 4.78 is 13.3. The van der Waals surface area contributed by atoms with Crippen LogP contribution in [0.4, 0.5) is 0 Å². The fourth-order valence-electron chi connectivity index (χ4n) is 4.69. The fraction of sp³-hybridized carbons (Fsp3) is 0.667. The van der Waals surface area contributed by atoms with Crippen LogP contribution < -0.4 is 9.16 Å². The van der Waals surface area contributed by atoms with Gasteiger partial charge in [-0.2, -0.15) is 0 Å². The van der Waals surface area contributed by atoms with E-state index in [0.717, 1.165) is 24.3 Å². The normalized spacial score (nSPS) is 23.3. The molecule has 0 N–H and O–H groups in total. The number of unbranched alkanes of at least 4 members (excludes halogenated alkanes) is 2. The molecule has 4 heteroatoms. The predicted octanol–water partition coefficient (Wildman–Crippen LogP) is 7.39. The van der Waals surface area contributed by atoms with Gasteiger partial charge in [0, 0.05) is 17.4 Å². The van der Waals surface area contributed by atoms with Crippen molar-refractivity contribution < 1.29 is 9.16 Å². The van der Waals surface area contributed by atoms with Gasteiger partial charge in [0.2, 0.25) is 0 Å². The van der Waals surface area contributed by atoms with Crippen LogP contribution in [0.3, 0.4) is 0 Å². The maximum atomic E-state index is 6.65. The highest BCUT2D eigenvalue weighted by Gasteiger charge is 2.45. The lowest BCUT2D eigenvalue weighted by molar-refractivity contribution is 0.0110. The molecule has 28 heavy (non-hydrogen) atoms. The first-order chi connectivity index (χ1) is 13.2. The zero-order valence-electron chi connectivity index (χ0n) is 18.5. The molecule has 3 rings (SSSR count). The molecule has 1 aliphatic heterocycles. The number of hydrogen-bond donors (Lipinski definition) is 0. The highest BCUT2D eigenvalue weighted by molar-refractivity contribution is 6.78. The number of alkyl halides is 1. The van der Waals surface area contributed by atoms with E-state index in [1.165, 1.54) is 42.4 Å². The van der Waals surface area contributed by atoms with Crippen LogP contribution in [0.5, 0.6) is 11.5 Å². The van der Waals surface area contributed by atoms with E-state index < -0.39 is 8.32 Å². The van der Waals surface area contributed by atoms with E-state index in [9.17, 15) is 0 Å². The van der Waals surface area contributed by atoms with Gasteiger partial charge in [0.15, 0.2) is 0 Å². The van der Waals surface area contributed by atoms with E-state index >= 15 is 0 Å². The lowest BCUT2D eigenvalue weighted by atomic mass is 9.68. The van der Waals surface area contributed by atoms with Crippen molar-refractivity contribution >= 4 is 19.9 Å². The molecule has 2 aliphatic rings. The van der Waals surface area contributed by atoms with Crippen LogP contribution in [-0.4, -0.2) is 19.4 Å². The summed E-state index contributed by atoms with van der Waals surface area (Å²) in [5.74, 6) is 2.91. The topological polar surface area (TPSA) is 18.5 Å². The summed E-state index contributed by atoms with van der Waals surface area (Å²) in [5, 5.41) is 0. The van der Waals surface area contributed by atoms with Crippen LogP contribution in [-0.2, 0) is 6.42 Å². The summed E-state index contributed by atoms with van der Waals surface area (Å²) in [4.78, 5) is 0. The number of rotatable bonds is 7. The summed E-state index contributed by atoms with van der Waals surface area (Å²) in [6.07, 6.45) is 9.58. The Labute approximate surface area is 177 Å². The lowest BCUT2D eigenvalue weighted by Gasteiger charge is -2.47. The van der Waals surface area contributed by atoms with E-state index in [0.29, 0.717) is 17.3 Å². The average molecular weight is 421 g/mol. The molecule has 0 spiro atoms. The van der Waals surface area contributed by atoms with Crippen LogP contribution in [0.1, 0.15) is 76.8 Å². The summed E-state index contributed by atoms with van der Waals surface area (Å²) in [7, 11) is -1.96. The second-order valence-electron chi connectivity index (χ2n) is 9.85. The van der Waals surface area contributed by atoms with Crippen LogP contribution in [0.2, 0.25) is 13.1 Å². The number of benzene rings is 1. The Bertz CT molecular complexity index is 738. The summed E-state index contributed by atoms with van der Waals surface area (Å²) in [6.45, 7) is 13.4. The number of aryl methyl sites for hydroxylation is 1. The van der Waals surface area contributed by atoms with Crippen LogP contribution in [0.15, 0.2) is 23.8 Å². The molecule has 0 fully saturated rings. The Kier molecular flexibility index (Phi) is 6.56. The predicted molar refractivity (Wildman–Crippen MR) is 122 cm³/mol. The van der Waals surface area contributed by atoms with Crippen LogP contribution >= 0.6 is 11.6 Å². The molecule has 1 aliphatic carbocycles. The largest absolute Gasteiger partial charge is 0.543 e. The van der Waals surface area contributed by atoms with Gasteiger partial charge in [-0.3, -0.25) is 0 Å². The van der Waals surface area contributed by atoms with Gasteiger partial charge in [0.1, 0.15) is 17.1 Å². The third kappa shape index (κ3) is 4.62. The van der Waals surface area contributed by atoms with Crippen molar-refractivity contribution in [2.75, 3.05) is 5.50 Å². The molecule has 1 aromatic rings. The summed E-state index contributed by atoms with van der Waals surface area (Å²) in [5.41, 5.74) is 4.50. The SMILES string of the molecule is CCCCCc1cc2c(c(O[Si](C)(C)CCl)c1)C1C=C(C)CCC1C(C)(C)O2. The van der Waals surface area contributed by atoms with Crippen molar-refractivity contribution in [3.63, 3.8) is 0 Å². The van der Waals surface area contributed by atoms with Gasteiger partial charge in [-0.05, 0) is 77.2 Å². The minimum Gasteiger partial charge on any atom is -0.543 e. The van der Waals surface area contributed by atoms with Gasteiger partial charge < -0.3 is 9.16 Å². The first-order valence-corrected chi connectivity index (χ1v) is 14.6. The smallest absolute Gasteiger partial charge is 0.259 e. The highest BCUT2D eigenvalue weighted by Crippen LogP contribution is 2.54. The number of halogens is 1. The van der Waals surface area contributed by atoms with Crippen molar-refractivity contribution in [2.24, 2.45) is 5.92 Å². The van der Waals surface area contributed by atoms with Crippen molar-refractivity contribution in [1.82, 2.24) is 0 Å². The molecule has 2 unspecified atom stereocenters. The third-order valence-electron chi connectivity index (χ3n) is 6.29. The number of ether oxygens (including phenoxy) is 1. The Hall–Kier alpha value is -0.933. The van der Waals surface area contributed by atoms with Gasteiger partial charge in [-0.1, -0.05) is 31.4 Å². The maximum Gasteiger partial charge on any atom is 0.259 e. The number of allylic oxidation sites excluding steroid dienone is 2. The van der Waals surface area contributed by atoms with Gasteiger partial charge >= 0.3 is 0 Å². The molecule has 0 radical (unpaired) electrons. The second-order valence-corrected chi connectivity index (χ2v) is 14.6. The molecule has 0 aromatic heterocycles. The molecule has 0 bridgehead atoms. The van der Waals surface area contributed by atoms with Crippen molar-refractivity contribution in [1.29, 1.82) is 0 Å². The first-order valence-electron chi connectivity index (χ1n) is 10.9. The molecule has 2 atom stereocenters. The quantitative estimate of drug-likeness (QED) is 0.198. The zero-order valence-corrected chi connectivity index (χ0v) is 20.3. The van der Waals surface area contributed by atoms with E-state index in [1.807, 2.05) is 0 Å². The first kappa shape index (κ1) is 21.8. The minimum absolute atomic E-state index is 0.159. The van der Waals surface area contributed by atoms with E-state index in [2.05, 4.69) is 59.0 Å². The monoisotopic (exact) mass is 420 g/mol. The maximum absolute atomic E-state index is 6.65. The summed E-state index contributed by atoms with van der Waals surface area (Å²) in [6, 6.07) is 4.56. The third-order valence-corrected chi connectivity index (χ3v) is 9.63. The molecule has 0 saturated heterocycles. The van der Waals surface area contributed by atoms with Crippen LogP contribution in [0.25, 0.3) is 0 Å². The fourth-order valence-corrected chi connectivity index (χ4v) is 5.68. The Balaban J connectivity index is 2.09. The summed E-state index contributed by atoms with van der Waals surface area (Å²) >= 11 is 6.27. The molecule has 1 heterocycles. The Morgan fingerprint density at radius 1 is 1.25 bits per heavy atom. The highest BCUT2D eigenvalue weighted by atomic mass is 35.5. The number of hydrogen-bond acceptors (Lipinski definition) is 2. The Morgan fingerprint density at radius 3 is 2.68 bits per heavy atom. The molecule has 0 amide bonds. The molecule has 156 valence electrons. The second kappa shape index (κ2) is 8.43. The number of fused-ring (bicyclic) bond motifs is 3. The Morgan fingerprint density at radius 2 is 2.00 bits per heavy atom. The van der Waals surface area contributed by atoms with E-state index in [1.54, 1.807) is 0 Å². The van der Waals surface area contributed by atoms with Crippen molar-refractivity contribution in [2.45, 2.75) is 90.8 Å². The minimum atomic E-state index is -1.96. The van der Waals surface area contributed by atoms with Gasteiger partial charge in [0.05, 0.1) is 5.50 Å². The molecule has 1 aromatic carbocycles. The zero-order chi connectivity index (χ0) is 20.5. The van der Waals surface area contributed by atoms with Crippen molar-refractivity contribution in [3.05, 3.63) is 34.9 Å². The lowest BCUT2D eigenvalue weighted by Crippen LogP contribution is -2.46. The van der Waals surface area contributed by atoms with Gasteiger partial charge in [-0.25, -0.2) is 0 Å². The van der Waals surface area contributed by atoms with Gasteiger partial charge in [0.25, 0.3) is 8.32 Å². The van der Waals surface area contributed by atoms with E-state index in [-0.39, 0.29) is 5.60 Å². The molecular formula is C24H37ClO2Si. The van der Waals surface area contributed by atoms with Gasteiger partial charge in [-0.15, -0.1) is 11.6 Å². The molecule has 0 saturated carbocycles. The molecular weight excluding hydrogens is 384 g/mol. The van der Waals surface area contributed by atoms with E-state index in [4.69, 9.17) is 20.8 Å². The molecule has 2 nitrogen and oxygen atoms in total. The van der Waals surface area contributed by atoms with Crippen molar-refractivity contribution in [3.8, 4) is 11.5 Å². The van der Waals surface area contributed by atoms with Crippen LogP contribution in [0, 0.1) is 5.92 Å². The standard InChI is InChI=1S/C24H37ClO2Si/c1-7-8-9-10-18-14-21-23(22(15-18)27-28(5,6)16-25)19-13-17(2)11-12-20(19)24(3,4)26-21/h13-15,19-20H,7-12,16H2,1-6H3.